The van der Waals surface area contributed by atoms with Crippen LogP contribution in [0.5, 0.6) is 0 Å². The minimum atomic E-state index is -3.78. The summed E-state index contributed by atoms with van der Waals surface area (Å²) in [5.74, 6) is -2.37. The van der Waals surface area contributed by atoms with Crippen molar-refractivity contribution in [1.29, 1.82) is 0 Å². The molecule has 2 fully saturated rings. The number of hydrogen-bond acceptors (Lipinski definition) is 9. The maximum atomic E-state index is 13.0. The molecule has 1 N–H and O–H groups in total. The first-order valence-electron chi connectivity index (χ1n) is 11.4. The summed E-state index contributed by atoms with van der Waals surface area (Å²) >= 11 is 0. The third kappa shape index (κ3) is 5.11. The first-order valence-corrected chi connectivity index (χ1v) is 12.8. The molecule has 0 aromatic heterocycles. The number of non-ortho nitro benzene ring substituents is 1. The van der Waals surface area contributed by atoms with Crippen molar-refractivity contribution < 1.29 is 37.5 Å². The Labute approximate surface area is 212 Å². The summed E-state index contributed by atoms with van der Waals surface area (Å²) in [6.45, 7) is 1.11. The highest BCUT2D eigenvalue weighted by Gasteiger charge is 2.46. The van der Waals surface area contributed by atoms with E-state index in [2.05, 4.69) is 0 Å². The van der Waals surface area contributed by atoms with Gasteiger partial charge in [-0.1, -0.05) is 12.1 Å². The average Bonchev–Trinajstić information content (AvgIpc) is 3.17. The molecule has 2 aliphatic rings. The Morgan fingerprint density at radius 1 is 1.16 bits per heavy atom. The summed E-state index contributed by atoms with van der Waals surface area (Å²) in [4.78, 5) is 37.8. The first kappa shape index (κ1) is 26.4. The number of hydrogen-bond donors (Lipinski definition) is 1. The number of sulfonamides is 1. The Bertz CT molecular complexity index is 1350. The highest BCUT2D eigenvalue weighted by atomic mass is 32.2. The van der Waals surface area contributed by atoms with Gasteiger partial charge in [-0.15, -0.1) is 0 Å². The van der Waals surface area contributed by atoms with Gasteiger partial charge in [0.05, 0.1) is 41.3 Å². The van der Waals surface area contributed by atoms with Crippen molar-refractivity contribution >= 4 is 33.2 Å². The number of carbonyl (C=O) groups is 2. The molecule has 2 aromatic rings. The molecule has 0 bridgehead atoms. The van der Waals surface area contributed by atoms with E-state index in [0.717, 1.165) is 0 Å². The maximum absolute atomic E-state index is 13.0. The standard InChI is InChI=1S/C24H25N3O9S/c1-35-12-11-26-21(17-3-2-4-18(15-17)27(31)32)20(23(29)24(26)30)22(28)16-5-7-19(8-6-16)37(33,34)25-9-13-36-14-10-25/h2-8,15,21,28H,9-14H2,1H3/t21-/m0/s1. The summed E-state index contributed by atoms with van der Waals surface area (Å²) < 4.78 is 37.4. The van der Waals surface area contributed by atoms with Gasteiger partial charge in [0.1, 0.15) is 5.76 Å². The minimum absolute atomic E-state index is 0.00160. The summed E-state index contributed by atoms with van der Waals surface area (Å²) in [6.07, 6.45) is 0. The zero-order valence-electron chi connectivity index (χ0n) is 19.9. The molecule has 0 unspecified atom stereocenters. The molecule has 2 aliphatic heterocycles. The summed E-state index contributed by atoms with van der Waals surface area (Å²) in [5.41, 5.74) is -0.128. The van der Waals surface area contributed by atoms with Crippen molar-refractivity contribution in [2.24, 2.45) is 0 Å². The number of aliphatic hydroxyl groups is 1. The number of nitrogens with zero attached hydrogens (tertiary/aromatic N) is 3. The number of carbonyl (C=O) groups excluding carboxylic acids is 2. The molecule has 0 radical (unpaired) electrons. The molecule has 4 rings (SSSR count). The van der Waals surface area contributed by atoms with Crippen LogP contribution in [0.3, 0.4) is 0 Å². The average molecular weight is 532 g/mol. The lowest BCUT2D eigenvalue weighted by molar-refractivity contribution is -0.384. The second-order valence-electron chi connectivity index (χ2n) is 8.38. The zero-order valence-corrected chi connectivity index (χ0v) is 20.7. The predicted octanol–water partition coefficient (Wildman–Crippen LogP) is 1.68. The van der Waals surface area contributed by atoms with E-state index in [1.807, 2.05) is 0 Å². The molecule has 2 aromatic carbocycles. The molecule has 13 heteroatoms. The summed E-state index contributed by atoms with van der Waals surface area (Å²) in [7, 11) is -2.36. The van der Waals surface area contributed by atoms with Crippen molar-refractivity contribution in [2.45, 2.75) is 10.9 Å². The van der Waals surface area contributed by atoms with E-state index in [0.29, 0.717) is 13.2 Å². The lowest BCUT2D eigenvalue weighted by Gasteiger charge is -2.26. The van der Waals surface area contributed by atoms with Crippen LogP contribution in [0.4, 0.5) is 5.69 Å². The largest absolute Gasteiger partial charge is 0.507 e. The minimum Gasteiger partial charge on any atom is -0.507 e. The highest BCUT2D eigenvalue weighted by molar-refractivity contribution is 7.89. The molecule has 1 amide bonds. The second kappa shape index (κ2) is 10.8. The molecule has 0 spiro atoms. The number of likely N-dealkylation sites (tertiary alicyclic amines) is 1. The van der Waals surface area contributed by atoms with E-state index in [1.165, 1.54) is 64.8 Å². The van der Waals surface area contributed by atoms with Crippen molar-refractivity contribution in [1.82, 2.24) is 9.21 Å². The third-order valence-corrected chi connectivity index (χ3v) is 8.12. The number of nitro groups is 1. The second-order valence-corrected chi connectivity index (χ2v) is 10.3. The monoisotopic (exact) mass is 531 g/mol. The number of ketones is 1. The number of morpholine rings is 1. The number of aliphatic hydroxyl groups excluding tert-OH is 1. The van der Waals surface area contributed by atoms with Crippen molar-refractivity contribution in [3.8, 4) is 0 Å². The number of Topliss-reactive ketones (excluding diaryl/α,β-unsaturated/α-hetero) is 1. The molecule has 1 atom stereocenters. The van der Waals surface area contributed by atoms with E-state index in [1.54, 1.807) is 0 Å². The number of ether oxygens (including phenoxy) is 2. The predicted molar refractivity (Wildman–Crippen MR) is 130 cm³/mol. The van der Waals surface area contributed by atoms with Crippen LogP contribution in [-0.2, 0) is 29.1 Å². The molecule has 0 aliphatic carbocycles. The molecule has 37 heavy (non-hydrogen) atoms. The van der Waals surface area contributed by atoms with E-state index >= 15 is 0 Å². The normalized spacial score (nSPS) is 20.4. The molecule has 0 saturated carbocycles. The van der Waals surface area contributed by atoms with Crippen LogP contribution in [-0.4, -0.2) is 85.9 Å². The number of benzene rings is 2. The SMILES string of the molecule is COCCN1C(=O)C(=O)C(=C(O)c2ccc(S(=O)(=O)N3CCOCC3)cc2)[C@@H]1c1cccc([N+](=O)[O-])c1. The van der Waals surface area contributed by atoms with Crippen LogP contribution in [0, 0.1) is 10.1 Å². The molecule has 196 valence electrons. The van der Waals surface area contributed by atoms with Crippen LogP contribution < -0.4 is 0 Å². The zero-order chi connectivity index (χ0) is 26.7. The van der Waals surface area contributed by atoms with Gasteiger partial charge in [0.2, 0.25) is 10.0 Å². The van der Waals surface area contributed by atoms with Crippen molar-refractivity contribution in [2.75, 3.05) is 46.6 Å². The number of methoxy groups -OCH3 is 1. The Kier molecular flexibility index (Phi) is 7.68. The van der Waals surface area contributed by atoms with E-state index in [-0.39, 0.29) is 53.5 Å². The van der Waals surface area contributed by atoms with Gasteiger partial charge in [0.15, 0.2) is 0 Å². The summed E-state index contributed by atoms with van der Waals surface area (Å²) in [5, 5.41) is 22.5. The molecular formula is C24H25N3O9S. The van der Waals surface area contributed by atoms with Gasteiger partial charge in [-0.3, -0.25) is 19.7 Å². The lowest BCUT2D eigenvalue weighted by atomic mass is 9.95. The van der Waals surface area contributed by atoms with Crippen LogP contribution in [0.25, 0.3) is 5.76 Å². The van der Waals surface area contributed by atoms with Crippen LogP contribution >= 0.6 is 0 Å². The van der Waals surface area contributed by atoms with Gasteiger partial charge >= 0.3 is 0 Å². The fourth-order valence-corrected chi connectivity index (χ4v) is 5.74. The van der Waals surface area contributed by atoms with Gasteiger partial charge in [-0.2, -0.15) is 4.31 Å². The summed E-state index contributed by atoms with van der Waals surface area (Å²) in [6, 6.07) is 9.66. The smallest absolute Gasteiger partial charge is 0.295 e. The lowest BCUT2D eigenvalue weighted by Crippen LogP contribution is -2.40. The molecular weight excluding hydrogens is 506 g/mol. The topological polar surface area (TPSA) is 157 Å². The number of nitro benzene ring substituents is 1. The fourth-order valence-electron chi connectivity index (χ4n) is 4.33. The number of rotatable bonds is 8. The van der Waals surface area contributed by atoms with Gasteiger partial charge < -0.3 is 19.5 Å². The molecule has 2 heterocycles. The van der Waals surface area contributed by atoms with Gasteiger partial charge in [-0.05, 0) is 29.8 Å². The molecule has 12 nitrogen and oxygen atoms in total. The van der Waals surface area contributed by atoms with E-state index in [9.17, 15) is 33.2 Å². The quantitative estimate of drug-likeness (QED) is 0.176. The van der Waals surface area contributed by atoms with Crippen molar-refractivity contribution in [3.63, 3.8) is 0 Å². The Balaban J connectivity index is 1.76. The van der Waals surface area contributed by atoms with Gasteiger partial charge in [0, 0.05) is 44.4 Å². The molecule has 2 saturated heterocycles. The van der Waals surface area contributed by atoms with E-state index in [4.69, 9.17) is 9.47 Å². The Hall–Kier alpha value is -3.65. The van der Waals surface area contributed by atoms with Crippen LogP contribution in [0.15, 0.2) is 59.0 Å². The maximum Gasteiger partial charge on any atom is 0.295 e. The van der Waals surface area contributed by atoms with Crippen molar-refractivity contribution in [3.05, 3.63) is 75.3 Å². The van der Waals surface area contributed by atoms with Crippen LogP contribution in [0.2, 0.25) is 0 Å². The highest BCUT2D eigenvalue weighted by Crippen LogP contribution is 2.40. The van der Waals surface area contributed by atoms with E-state index < -0.39 is 38.4 Å². The Morgan fingerprint density at radius 3 is 2.46 bits per heavy atom. The Morgan fingerprint density at radius 2 is 1.84 bits per heavy atom. The first-order chi connectivity index (χ1) is 17.7. The third-order valence-electron chi connectivity index (χ3n) is 6.21. The van der Waals surface area contributed by atoms with Gasteiger partial charge in [0.25, 0.3) is 17.4 Å². The van der Waals surface area contributed by atoms with Crippen LogP contribution in [0.1, 0.15) is 17.2 Å². The number of amides is 1. The fraction of sp³-hybridized carbons (Fsp3) is 0.333. The van der Waals surface area contributed by atoms with Gasteiger partial charge in [-0.25, -0.2) is 8.42 Å².